The van der Waals surface area contributed by atoms with Crippen LogP contribution >= 0.6 is 0 Å². The summed E-state index contributed by atoms with van der Waals surface area (Å²) in [6.45, 7) is 3.97. The molecule has 0 aliphatic heterocycles. The molecule has 74 valence electrons. The number of esters is 1. The van der Waals surface area contributed by atoms with Crippen LogP contribution in [0.15, 0.2) is 0 Å². The van der Waals surface area contributed by atoms with Crippen molar-refractivity contribution in [3.8, 4) is 0 Å². The van der Waals surface area contributed by atoms with Gasteiger partial charge < -0.3 is 11.3 Å². The van der Waals surface area contributed by atoms with Crippen molar-refractivity contribution in [2.24, 2.45) is 0 Å². The zero-order chi connectivity index (χ0) is 9.40. The Kier molecular flexibility index (Phi) is 12.8. The summed E-state index contributed by atoms with van der Waals surface area (Å²) in [4.78, 5) is 10.7. The molecule has 3 nitrogen and oxygen atoms in total. The van der Waals surface area contributed by atoms with E-state index >= 15 is 0 Å². The van der Waals surface area contributed by atoms with E-state index in [9.17, 15) is 4.79 Å². The third-order valence-corrected chi connectivity index (χ3v) is 1.58. The molecule has 0 amide bonds. The summed E-state index contributed by atoms with van der Waals surface area (Å²) in [6, 6.07) is 0. The van der Waals surface area contributed by atoms with Crippen molar-refractivity contribution in [1.82, 2.24) is 0 Å². The van der Waals surface area contributed by atoms with Gasteiger partial charge in [0.25, 0.3) is 0 Å². The largest absolute Gasteiger partial charge is 1.00 e. The Morgan fingerprint density at radius 3 is 2.54 bits per heavy atom. The number of hydrogen-bond acceptors (Lipinski definition) is 3. The molecule has 0 saturated heterocycles. The van der Waals surface area contributed by atoms with Crippen molar-refractivity contribution < 1.29 is 45.6 Å². The van der Waals surface area contributed by atoms with E-state index in [2.05, 4.69) is 6.92 Å². The topological polar surface area (TPSA) is 46.5 Å². The van der Waals surface area contributed by atoms with Crippen LogP contribution in [0.5, 0.6) is 0 Å². The molecule has 0 aromatic carbocycles. The van der Waals surface area contributed by atoms with E-state index in [1.54, 1.807) is 0 Å². The SMILES string of the molecule is CCCCCCOC(=O)C(C)O.[H-].[Na+]. The zero-order valence-electron chi connectivity index (χ0n) is 9.88. The first kappa shape index (κ1) is 15.9. The standard InChI is InChI=1S/C9H18O3.Na.H/c1-3-4-5-6-7-12-9(11)8(2)10;;/h8,10H,3-7H2,1-2H3;;/q;+1;-1. The van der Waals surface area contributed by atoms with Gasteiger partial charge in [0.05, 0.1) is 6.61 Å². The summed E-state index contributed by atoms with van der Waals surface area (Å²) < 4.78 is 4.76. The van der Waals surface area contributed by atoms with Gasteiger partial charge in [-0.2, -0.15) is 0 Å². The Labute approximate surface area is 104 Å². The number of carbonyl (C=O) groups excluding carboxylic acids is 1. The Balaban J connectivity index is -0.000000605. The first-order valence-electron chi connectivity index (χ1n) is 4.53. The summed E-state index contributed by atoms with van der Waals surface area (Å²) in [5.41, 5.74) is 0. The summed E-state index contributed by atoms with van der Waals surface area (Å²) in [7, 11) is 0. The Morgan fingerprint density at radius 2 is 2.08 bits per heavy atom. The van der Waals surface area contributed by atoms with Gasteiger partial charge >= 0.3 is 35.5 Å². The minimum atomic E-state index is -0.990. The smallest absolute Gasteiger partial charge is 1.00 e. The van der Waals surface area contributed by atoms with Crippen LogP contribution in [0, 0.1) is 0 Å². The summed E-state index contributed by atoms with van der Waals surface area (Å²) >= 11 is 0. The number of ether oxygens (including phenoxy) is 1. The van der Waals surface area contributed by atoms with Gasteiger partial charge in [-0.05, 0) is 13.3 Å². The van der Waals surface area contributed by atoms with E-state index in [1.165, 1.54) is 19.8 Å². The first-order chi connectivity index (χ1) is 5.68. The quantitative estimate of drug-likeness (QED) is 0.325. The van der Waals surface area contributed by atoms with Gasteiger partial charge in [-0.3, -0.25) is 0 Å². The molecule has 0 bridgehead atoms. The molecule has 4 heteroatoms. The Bertz CT molecular complexity index is 131. The maximum absolute atomic E-state index is 10.7. The van der Waals surface area contributed by atoms with Crippen LogP contribution < -0.4 is 29.6 Å². The fourth-order valence-electron chi connectivity index (χ4n) is 0.822. The van der Waals surface area contributed by atoms with E-state index in [4.69, 9.17) is 9.84 Å². The number of unbranched alkanes of at least 4 members (excludes halogenated alkanes) is 3. The molecule has 13 heavy (non-hydrogen) atoms. The molecule has 0 aromatic rings. The van der Waals surface area contributed by atoms with Gasteiger partial charge in [0, 0.05) is 0 Å². The number of rotatable bonds is 6. The molecular formula is C9H19NaO3. The molecule has 0 rings (SSSR count). The second-order valence-corrected chi connectivity index (χ2v) is 2.90. The molecule has 1 atom stereocenters. The van der Waals surface area contributed by atoms with Gasteiger partial charge in [-0.1, -0.05) is 26.2 Å². The normalized spacial score (nSPS) is 11.6. The summed E-state index contributed by atoms with van der Waals surface area (Å²) in [5, 5.41) is 8.75. The van der Waals surface area contributed by atoms with Crippen molar-refractivity contribution in [1.29, 1.82) is 0 Å². The average Bonchev–Trinajstić information content (AvgIpc) is 2.03. The second-order valence-electron chi connectivity index (χ2n) is 2.90. The molecule has 0 aromatic heterocycles. The molecule has 1 N–H and O–H groups in total. The van der Waals surface area contributed by atoms with E-state index in [-0.39, 0.29) is 31.0 Å². The number of aliphatic hydroxyl groups excluding tert-OH is 1. The average molecular weight is 198 g/mol. The third kappa shape index (κ3) is 10.4. The van der Waals surface area contributed by atoms with Crippen LogP contribution in [0.25, 0.3) is 0 Å². The van der Waals surface area contributed by atoms with Gasteiger partial charge in [0.2, 0.25) is 0 Å². The Hall–Kier alpha value is 0.430. The van der Waals surface area contributed by atoms with Gasteiger partial charge in [-0.15, -0.1) is 0 Å². The summed E-state index contributed by atoms with van der Waals surface area (Å²) in [5.74, 6) is -0.522. The van der Waals surface area contributed by atoms with E-state index in [0.717, 1.165) is 12.8 Å². The van der Waals surface area contributed by atoms with Crippen LogP contribution in [-0.4, -0.2) is 23.8 Å². The van der Waals surface area contributed by atoms with Crippen molar-refractivity contribution in [2.75, 3.05) is 6.61 Å². The van der Waals surface area contributed by atoms with Gasteiger partial charge in [0.1, 0.15) is 6.10 Å². The predicted octanol–water partition coefficient (Wildman–Crippen LogP) is -1.39. The monoisotopic (exact) mass is 198 g/mol. The number of carbonyl (C=O) groups is 1. The van der Waals surface area contributed by atoms with Gasteiger partial charge in [0.15, 0.2) is 0 Å². The van der Waals surface area contributed by atoms with E-state index in [1.807, 2.05) is 0 Å². The fraction of sp³-hybridized carbons (Fsp3) is 0.889. The number of hydrogen-bond donors (Lipinski definition) is 1. The molecule has 0 heterocycles. The van der Waals surface area contributed by atoms with Crippen LogP contribution in [0.3, 0.4) is 0 Å². The molecule has 0 radical (unpaired) electrons. The summed E-state index contributed by atoms with van der Waals surface area (Å²) in [6.07, 6.45) is 3.34. The maximum atomic E-state index is 10.7. The maximum Gasteiger partial charge on any atom is 1.00 e. The third-order valence-electron chi connectivity index (χ3n) is 1.58. The molecule has 0 saturated carbocycles. The van der Waals surface area contributed by atoms with Crippen molar-refractivity contribution in [2.45, 2.75) is 45.6 Å². The molecule has 0 aliphatic rings. The van der Waals surface area contributed by atoms with Crippen LogP contribution in [0.4, 0.5) is 0 Å². The van der Waals surface area contributed by atoms with E-state index < -0.39 is 12.1 Å². The molecule has 0 aliphatic carbocycles. The molecule has 0 fully saturated rings. The van der Waals surface area contributed by atoms with E-state index in [0.29, 0.717) is 6.61 Å². The minimum Gasteiger partial charge on any atom is -1.00 e. The first-order valence-corrected chi connectivity index (χ1v) is 4.53. The second kappa shape index (κ2) is 10.5. The fourth-order valence-corrected chi connectivity index (χ4v) is 0.822. The molecular weight excluding hydrogens is 179 g/mol. The molecule has 1 unspecified atom stereocenters. The van der Waals surface area contributed by atoms with Gasteiger partial charge in [-0.25, -0.2) is 4.79 Å². The molecule has 0 spiro atoms. The number of aliphatic hydroxyl groups is 1. The van der Waals surface area contributed by atoms with Crippen LogP contribution in [-0.2, 0) is 9.53 Å². The predicted molar refractivity (Wildman–Crippen MR) is 47.9 cm³/mol. The van der Waals surface area contributed by atoms with Crippen LogP contribution in [0.2, 0.25) is 0 Å². The van der Waals surface area contributed by atoms with Crippen LogP contribution in [0.1, 0.15) is 41.0 Å². The zero-order valence-corrected chi connectivity index (χ0v) is 10.9. The van der Waals surface area contributed by atoms with Crippen molar-refractivity contribution in [3.63, 3.8) is 0 Å². The van der Waals surface area contributed by atoms with Crippen molar-refractivity contribution >= 4 is 5.97 Å². The van der Waals surface area contributed by atoms with Crippen molar-refractivity contribution in [3.05, 3.63) is 0 Å². The minimum absolute atomic E-state index is 0. The Morgan fingerprint density at radius 1 is 1.46 bits per heavy atom.